The summed E-state index contributed by atoms with van der Waals surface area (Å²) in [6, 6.07) is 5.17. The Morgan fingerprint density at radius 2 is 2.16 bits per heavy atom. The summed E-state index contributed by atoms with van der Waals surface area (Å²) < 4.78 is 1.76. The van der Waals surface area contributed by atoms with Crippen LogP contribution < -0.4 is 5.32 Å². The normalized spacial score (nSPS) is 12.1. The van der Waals surface area contributed by atoms with Crippen molar-refractivity contribution in [1.82, 2.24) is 15.1 Å². The van der Waals surface area contributed by atoms with E-state index < -0.39 is 0 Å². The van der Waals surface area contributed by atoms with Gasteiger partial charge in [0.1, 0.15) is 0 Å². The van der Waals surface area contributed by atoms with Crippen LogP contribution in [0, 0.1) is 0 Å². The van der Waals surface area contributed by atoms with Crippen molar-refractivity contribution < 1.29 is 9.59 Å². The summed E-state index contributed by atoms with van der Waals surface area (Å²) in [5, 5.41) is 6.97. The molecule has 6 heteroatoms. The lowest BCUT2D eigenvalue weighted by Crippen LogP contribution is -2.35. The fraction of sp³-hybridized carbons (Fsp3) is 0.308. The average Bonchev–Trinajstić information content (AvgIpc) is 2.98. The summed E-state index contributed by atoms with van der Waals surface area (Å²) in [5.41, 5.74) is 0. The van der Waals surface area contributed by atoms with Crippen molar-refractivity contribution in [2.75, 3.05) is 0 Å². The summed E-state index contributed by atoms with van der Waals surface area (Å²) >= 11 is 1.22. The number of carbonyl (C=O) groups is 2. The number of rotatable bonds is 5. The Labute approximate surface area is 115 Å². The standard InChI is InChI=1S/C13H15N3O2S/c1-9(8-16-7-3-6-14-16)15-13(18)12-5-4-11(19-12)10(2)17/h3-7,9H,8H2,1-2H3,(H,15,18)/t9-/m0/s1. The molecule has 19 heavy (non-hydrogen) atoms. The van der Waals surface area contributed by atoms with Gasteiger partial charge < -0.3 is 5.32 Å². The highest BCUT2D eigenvalue weighted by molar-refractivity contribution is 7.15. The van der Waals surface area contributed by atoms with Crippen molar-refractivity contribution in [1.29, 1.82) is 0 Å². The van der Waals surface area contributed by atoms with Crippen LogP contribution in [0.2, 0.25) is 0 Å². The molecule has 2 heterocycles. The second-order valence-corrected chi connectivity index (χ2v) is 5.41. The molecule has 100 valence electrons. The molecule has 1 N–H and O–H groups in total. The molecule has 0 radical (unpaired) electrons. The van der Waals surface area contributed by atoms with Crippen molar-refractivity contribution in [3.63, 3.8) is 0 Å². The van der Waals surface area contributed by atoms with Gasteiger partial charge >= 0.3 is 0 Å². The van der Waals surface area contributed by atoms with Crippen molar-refractivity contribution in [2.45, 2.75) is 26.4 Å². The minimum Gasteiger partial charge on any atom is -0.347 e. The smallest absolute Gasteiger partial charge is 0.261 e. The number of carbonyl (C=O) groups excluding carboxylic acids is 2. The molecule has 2 aromatic heterocycles. The Balaban J connectivity index is 1.94. The lowest BCUT2D eigenvalue weighted by molar-refractivity contribution is 0.0939. The van der Waals surface area contributed by atoms with Crippen molar-refractivity contribution >= 4 is 23.0 Å². The van der Waals surface area contributed by atoms with E-state index in [1.54, 1.807) is 23.0 Å². The van der Waals surface area contributed by atoms with Gasteiger partial charge in [0.2, 0.25) is 0 Å². The lowest BCUT2D eigenvalue weighted by atomic mass is 10.3. The van der Waals surface area contributed by atoms with Crippen molar-refractivity contribution in [3.05, 3.63) is 40.3 Å². The topological polar surface area (TPSA) is 64.0 Å². The Hall–Kier alpha value is -1.95. The van der Waals surface area contributed by atoms with E-state index >= 15 is 0 Å². The van der Waals surface area contributed by atoms with Crippen molar-refractivity contribution in [3.8, 4) is 0 Å². The Bertz CT molecular complexity index is 574. The molecule has 0 bridgehead atoms. The molecule has 0 aliphatic rings. The van der Waals surface area contributed by atoms with Gasteiger partial charge in [-0.15, -0.1) is 11.3 Å². The highest BCUT2D eigenvalue weighted by atomic mass is 32.1. The van der Waals surface area contributed by atoms with Crippen LogP contribution in [-0.4, -0.2) is 27.5 Å². The number of hydrogen-bond donors (Lipinski definition) is 1. The summed E-state index contributed by atoms with van der Waals surface area (Å²) in [6.45, 7) is 4.02. The minimum absolute atomic E-state index is 0.0198. The highest BCUT2D eigenvalue weighted by Gasteiger charge is 2.13. The van der Waals surface area contributed by atoms with Gasteiger partial charge in [0.25, 0.3) is 5.91 Å². The molecule has 2 rings (SSSR count). The van der Waals surface area contributed by atoms with Crippen LogP contribution in [0.3, 0.4) is 0 Å². The molecule has 2 aromatic rings. The summed E-state index contributed by atoms with van der Waals surface area (Å²) in [6.07, 6.45) is 3.55. The van der Waals surface area contributed by atoms with E-state index in [1.165, 1.54) is 18.3 Å². The maximum absolute atomic E-state index is 12.0. The van der Waals surface area contributed by atoms with Crippen LogP contribution in [0.5, 0.6) is 0 Å². The first-order chi connectivity index (χ1) is 9.06. The molecule has 0 unspecified atom stereocenters. The summed E-state index contributed by atoms with van der Waals surface area (Å²) in [5.74, 6) is -0.175. The maximum Gasteiger partial charge on any atom is 0.261 e. The second-order valence-electron chi connectivity index (χ2n) is 4.32. The van der Waals surface area contributed by atoms with E-state index in [1.807, 2.05) is 19.2 Å². The Kier molecular flexibility index (Phi) is 4.11. The number of nitrogens with one attached hydrogen (secondary N) is 1. The molecular formula is C13H15N3O2S. The minimum atomic E-state index is -0.155. The molecular weight excluding hydrogens is 262 g/mol. The van der Waals surface area contributed by atoms with Gasteiger partial charge in [-0.05, 0) is 32.0 Å². The monoisotopic (exact) mass is 277 g/mol. The van der Waals surface area contributed by atoms with E-state index in [2.05, 4.69) is 10.4 Å². The van der Waals surface area contributed by atoms with Crippen LogP contribution in [0.15, 0.2) is 30.6 Å². The maximum atomic E-state index is 12.0. The first-order valence-corrected chi connectivity index (χ1v) is 6.77. The van der Waals surface area contributed by atoms with E-state index in [0.717, 1.165) is 0 Å². The molecule has 0 aliphatic heterocycles. The number of aromatic nitrogens is 2. The van der Waals surface area contributed by atoms with Gasteiger partial charge in [-0.25, -0.2) is 0 Å². The van der Waals surface area contributed by atoms with Gasteiger partial charge in [-0.3, -0.25) is 14.3 Å². The predicted octanol–water partition coefficient (Wildman–Crippen LogP) is 1.97. The van der Waals surface area contributed by atoms with E-state index in [4.69, 9.17) is 0 Å². The van der Waals surface area contributed by atoms with Gasteiger partial charge in [0.05, 0.1) is 16.3 Å². The fourth-order valence-corrected chi connectivity index (χ4v) is 2.48. The molecule has 0 fully saturated rings. The zero-order valence-corrected chi connectivity index (χ0v) is 11.6. The highest BCUT2D eigenvalue weighted by Crippen LogP contribution is 2.16. The van der Waals surface area contributed by atoms with E-state index in [-0.39, 0.29) is 17.7 Å². The molecule has 0 saturated heterocycles. The van der Waals surface area contributed by atoms with Crippen LogP contribution in [0.4, 0.5) is 0 Å². The Morgan fingerprint density at radius 3 is 2.74 bits per heavy atom. The SMILES string of the molecule is CC(=O)c1ccc(C(=O)N[C@@H](C)Cn2cccn2)s1. The molecule has 0 aliphatic carbocycles. The van der Waals surface area contributed by atoms with Gasteiger partial charge in [-0.2, -0.15) is 5.10 Å². The summed E-state index contributed by atoms with van der Waals surface area (Å²) in [7, 11) is 0. The third-order valence-electron chi connectivity index (χ3n) is 2.57. The number of nitrogens with zero attached hydrogens (tertiary/aromatic N) is 2. The average molecular weight is 277 g/mol. The van der Waals surface area contributed by atoms with Crippen molar-refractivity contribution in [2.24, 2.45) is 0 Å². The van der Waals surface area contributed by atoms with Gasteiger partial charge in [0, 0.05) is 18.4 Å². The summed E-state index contributed by atoms with van der Waals surface area (Å²) in [4.78, 5) is 24.3. The second kappa shape index (κ2) is 5.79. The largest absolute Gasteiger partial charge is 0.347 e. The Morgan fingerprint density at radius 1 is 1.42 bits per heavy atom. The first kappa shape index (κ1) is 13.5. The zero-order chi connectivity index (χ0) is 13.8. The third kappa shape index (κ3) is 3.51. The van der Waals surface area contributed by atoms with Crippen LogP contribution in [0.1, 0.15) is 33.2 Å². The number of hydrogen-bond acceptors (Lipinski definition) is 4. The molecule has 0 aromatic carbocycles. The molecule has 5 nitrogen and oxygen atoms in total. The lowest BCUT2D eigenvalue weighted by Gasteiger charge is -2.13. The van der Waals surface area contributed by atoms with E-state index in [9.17, 15) is 9.59 Å². The van der Waals surface area contributed by atoms with Crippen LogP contribution in [0.25, 0.3) is 0 Å². The third-order valence-corrected chi connectivity index (χ3v) is 3.76. The number of ketones is 1. The molecule has 0 saturated carbocycles. The number of thiophene rings is 1. The molecule has 1 amide bonds. The quantitative estimate of drug-likeness (QED) is 0.850. The number of amides is 1. The van der Waals surface area contributed by atoms with Crippen LogP contribution in [-0.2, 0) is 6.54 Å². The zero-order valence-electron chi connectivity index (χ0n) is 10.8. The van der Waals surface area contributed by atoms with Gasteiger partial charge in [-0.1, -0.05) is 0 Å². The molecule has 0 spiro atoms. The predicted molar refractivity (Wildman–Crippen MR) is 73.5 cm³/mol. The van der Waals surface area contributed by atoms with Crippen LogP contribution >= 0.6 is 11.3 Å². The van der Waals surface area contributed by atoms with Gasteiger partial charge in [0.15, 0.2) is 5.78 Å². The molecule has 1 atom stereocenters. The number of Topliss-reactive ketones (excluding diaryl/α,β-unsaturated/α-hetero) is 1. The van der Waals surface area contributed by atoms with E-state index in [0.29, 0.717) is 16.3 Å². The fourth-order valence-electron chi connectivity index (χ4n) is 1.68. The first-order valence-electron chi connectivity index (χ1n) is 5.95.